The van der Waals surface area contributed by atoms with E-state index in [1.165, 1.54) is 33.7 Å². The van der Waals surface area contributed by atoms with Crippen LogP contribution in [0.3, 0.4) is 0 Å². The predicted molar refractivity (Wildman–Crippen MR) is 139 cm³/mol. The Morgan fingerprint density at radius 3 is 2.59 bits per heavy atom. The number of likely N-dealkylation sites (N-methyl/N-ethyl adjacent to an activating group) is 1. The molecule has 0 saturated carbocycles. The minimum Gasteiger partial charge on any atom is -0.423 e. The molecule has 2 heterocycles. The Bertz CT molecular complexity index is 1200. The van der Waals surface area contributed by atoms with Crippen molar-refractivity contribution >= 4 is 46.6 Å². The van der Waals surface area contributed by atoms with Gasteiger partial charge in [-0.2, -0.15) is 0 Å². The van der Waals surface area contributed by atoms with Crippen molar-refractivity contribution < 1.29 is 14.8 Å². The number of aromatic nitrogens is 1. The van der Waals surface area contributed by atoms with Crippen LogP contribution in [0.15, 0.2) is 54.7 Å². The largest absolute Gasteiger partial charge is 0.488 e. The van der Waals surface area contributed by atoms with Gasteiger partial charge in [-0.25, -0.2) is 0 Å². The van der Waals surface area contributed by atoms with Gasteiger partial charge in [-0.1, -0.05) is 41.9 Å². The predicted octanol–water partition coefficient (Wildman–Crippen LogP) is 2.93. The highest BCUT2D eigenvalue weighted by molar-refractivity contribution is 6.59. The number of H-pyrrole nitrogens is 1. The first kappa shape index (κ1) is 24.5. The summed E-state index contributed by atoms with van der Waals surface area (Å²) in [5.74, 6) is 0.210. The first-order valence-corrected chi connectivity index (χ1v) is 12.1. The molecular weight excluding hydrogens is 449 g/mol. The van der Waals surface area contributed by atoms with Crippen LogP contribution >= 0.6 is 11.6 Å². The van der Waals surface area contributed by atoms with Crippen molar-refractivity contribution in [3.05, 3.63) is 70.9 Å². The number of hydrogen-bond donors (Lipinski definition) is 3. The van der Waals surface area contributed by atoms with Crippen LogP contribution in [0.1, 0.15) is 25.0 Å². The SMILES string of the molecule is CCN(CC)C(=O)[C@@H]1C=C2c3cccc4[nH]cc(c34)C[C@H]2N(C)C1.OB(O)c1cccc(Cl)c1. The van der Waals surface area contributed by atoms with E-state index in [1.807, 2.05) is 4.90 Å². The lowest BCUT2D eigenvalue weighted by molar-refractivity contribution is -0.134. The molecule has 2 atom stereocenters. The second kappa shape index (κ2) is 10.4. The van der Waals surface area contributed by atoms with E-state index in [0.29, 0.717) is 16.5 Å². The van der Waals surface area contributed by atoms with Crippen LogP contribution in [0.4, 0.5) is 0 Å². The van der Waals surface area contributed by atoms with E-state index in [0.717, 1.165) is 26.1 Å². The summed E-state index contributed by atoms with van der Waals surface area (Å²) in [5, 5.41) is 19.1. The zero-order valence-electron chi connectivity index (χ0n) is 19.8. The maximum Gasteiger partial charge on any atom is 0.488 e. The Balaban J connectivity index is 0.000000231. The average molecular weight is 480 g/mol. The van der Waals surface area contributed by atoms with Crippen molar-refractivity contribution in [3.63, 3.8) is 0 Å². The van der Waals surface area contributed by atoms with E-state index in [2.05, 4.69) is 61.3 Å². The number of rotatable bonds is 4. The van der Waals surface area contributed by atoms with Crippen molar-refractivity contribution in [2.75, 3.05) is 26.7 Å². The molecule has 1 aliphatic carbocycles. The number of aromatic amines is 1. The molecule has 0 unspecified atom stereocenters. The fourth-order valence-corrected chi connectivity index (χ4v) is 5.24. The maximum absolute atomic E-state index is 12.9. The van der Waals surface area contributed by atoms with Gasteiger partial charge >= 0.3 is 7.12 Å². The van der Waals surface area contributed by atoms with Gasteiger partial charge in [-0.05, 0) is 67.7 Å². The second-order valence-electron chi connectivity index (χ2n) is 8.87. The summed E-state index contributed by atoms with van der Waals surface area (Å²) < 4.78 is 0. The Morgan fingerprint density at radius 2 is 1.94 bits per heavy atom. The van der Waals surface area contributed by atoms with Gasteiger partial charge in [0.25, 0.3) is 0 Å². The number of halogens is 1. The smallest absolute Gasteiger partial charge is 0.423 e. The normalized spacial score (nSPS) is 19.1. The molecule has 0 saturated heterocycles. The number of benzene rings is 2. The topological polar surface area (TPSA) is 79.8 Å². The molecule has 2 aliphatic rings. The summed E-state index contributed by atoms with van der Waals surface area (Å²) in [6.45, 7) is 6.47. The van der Waals surface area contributed by atoms with Crippen molar-refractivity contribution in [3.8, 4) is 0 Å². The molecule has 34 heavy (non-hydrogen) atoms. The quantitative estimate of drug-likeness (QED) is 0.503. The monoisotopic (exact) mass is 479 g/mol. The molecule has 3 N–H and O–H groups in total. The van der Waals surface area contributed by atoms with Crippen molar-refractivity contribution in [2.24, 2.45) is 5.92 Å². The highest BCUT2D eigenvalue weighted by Gasteiger charge is 2.36. The van der Waals surface area contributed by atoms with Crippen molar-refractivity contribution in [1.82, 2.24) is 14.8 Å². The molecular formula is C26H31BClN3O3. The van der Waals surface area contributed by atoms with Crippen LogP contribution in [0.25, 0.3) is 16.5 Å². The van der Waals surface area contributed by atoms with E-state index in [1.54, 1.807) is 18.2 Å². The zero-order valence-corrected chi connectivity index (χ0v) is 20.6. The maximum atomic E-state index is 12.9. The van der Waals surface area contributed by atoms with Crippen LogP contribution in [0.5, 0.6) is 0 Å². The molecule has 0 radical (unpaired) electrons. The van der Waals surface area contributed by atoms with Crippen LogP contribution in [0, 0.1) is 5.92 Å². The number of nitrogens with one attached hydrogen (secondary N) is 1. The van der Waals surface area contributed by atoms with Crippen molar-refractivity contribution in [2.45, 2.75) is 26.3 Å². The standard InChI is InChI=1S/C20H25N3O.C6H6BClO2/c1-4-23(5-2)20(24)14-9-16-15-7-6-8-17-19(15)13(11-21-17)10-18(16)22(3)12-14;8-6-3-1-2-5(4-6)7(9)10/h6-9,11,14,18,21H,4-5,10,12H2,1-3H3;1-4,9-10H/t14-,18-;/m1./s1. The van der Waals surface area contributed by atoms with E-state index < -0.39 is 7.12 Å². The van der Waals surface area contributed by atoms with Crippen LogP contribution in [-0.2, 0) is 11.2 Å². The molecule has 1 aromatic heterocycles. The van der Waals surface area contributed by atoms with E-state index in [9.17, 15) is 4.79 Å². The minimum absolute atomic E-state index is 0.0445. The van der Waals surface area contributed by atoms with E-state index in [-0.39, 0.29) is 11.8 Å². The summed E-state index contributed by atoms with van der Waals surface area (Å²) in [5.41, 5.74) is 5.62. The average Bonchev–Trinajstić information content (AvgIpc) is 3.25. The van der Waals surface area contributed by atoms with Gasteiger partial charge in [0.15, 0.2) is 0 Å². The van der Waals surface area contributed by atoms with Gasteiger partial charge in [0.2, 0.25) is 5.91 Å². The fraction of sp³-hybridized carbons (Fsp3) is 0.346. The number of amides is 1. The van der Waals surface area contributed by atoms with Gasteiger partial charge in [-0.15, -0.1) is 0 Å². The van der Waals surface area contributed by atoms with Crippen LogP contribution in [0.2, 0.25) is 5.02 Å². The van der Waals surface area contributed by atoms with Gasteiger partial charge < -0.3 is 19.9 Å². The lowest BCUT2D eigenvalue weighted by Gasteiger charge is -2.40. The van der Waals surface area contributed by atoms with Gasteiger partial charge in [0.1, 0.15) is 0 Å². The van der Waals surface area contributed by atoms with E-state index >= 15 is 0 Å². The first-order valence-electron chi connectivity index (χ1n) is 11.8. The van der Waals surface area contributed by atoms with Gasteiger partial charge in [0.05, 0.1) is 5.92 Å². The first-order chi connectivity index (χ1) is 16.3. The number of nitrogens with zero attached hydrogens (tertiary/aromatic N) is 2. The Kier molecular flexibility index (Phi) is 7.48. The molecule has 0 fully saturated rings. The highest BCUT2D eigenvalue weighted by atomic mass is 35.5. The molecule has 3 aromatic rings. The van der Waals surface area contributed by atoms with Crippen LogP contribution in [-0.4, -0.2) is 70.6 Å². The molecule has 0 bridgehead atoms. The van der Waals surface area contributed by atoms with Gasteiger partial charge in [-0.3, -0.25) is 9.69 Å². The third kappa shape index (κ3) is 4.79. The third-order valence-electron chi connectivity index (χ3n) is 6.81. The molecule has 2 aromatic carbocycles. The van der Waals surface area contributed by atoms with E-state index in [4.69, 9.17) is 21.6 Å². The zero-order chi connectivity index (χ0) is 24.4. The summed E-state index contributed by atoms with van der Waals surface area (Å²) in [6.07, 6.45) is 5.41. The molecule has 1 aliphatic heterocycles. The number of carbonyl (C=O) groups excluding carboxylic acids is 1. The Hall–Kier alpha value is -2.58. The van der Waals surface area contributed by atoms with Crippen LogP contribution < -0.4 is 5.46 Å². The highest BCUT2D eigenvalue weighted by Crippen LogP contribution is 2.40. The lowest BCUT2D eigenvalue weighted by atomic mass is 9.79. The molecule has 0 spiro atoms. The summed E-state index contributed by atoms with van der Waals surface area (Å²) in [4.78, 5) is 20.6. The summed E-state index contributed by atoms with van der Waals surface area (Å²) in [6, 6.07) is 13.3. The number of fused-ring (bicyclic) bond motifs is 2. The molecule has 6 nitrogen and oxygen atoms in total. The molecule has 178 valence electrons. The molecule has 8 heteroatoms. The fourth-order valence-electron chi connectivity index (χ4n) is 5.04. The van der Waals surface area contributed by atoms with Gasteiger partial charge in [0, 0.05) is 47.8 Å². The minimum atomic E-state index is -1.43. The number of carbonyl (C=O) groups is 1. The number of hydrogen-bond acceptors (Lipinski definition) is 4. The lowest BCUT2D eigenvalue weighted by Crippen LogP contribution is -2.47. The molecule has 5 rings (SSSR count). The Labute approximate surface area is 206 Å². The summed E-state index contributed by atoms with van der Waals surface area (Å²) in [7, 11) is 0.719. The molecule has 1 amide bonds. The van der Waals surface area contributed by atoms with Crippen molar-refractivity contribution in [1.29, 1.82) is 0 Å². The third-order valence-corrected chi connectivity index (χ3v) is 7.04. The summed E-state index contributed by atoms with van der Waals surface area (Å²) >= 11 is 5.57. The Morgan fingerprint density at radius 1 is 1.21 bits per heavy atom. The second-order valence-corrected chi connectivity index (χ2v) is 9.31.